The lowest BCUT2D eigenvalue weighted by molar-refractivity contribution is 0.0931. The maximum absolute atomic E-state index is 12.4. The van der Waals surface area contributed by atoms with Crippen LogP contribution in [-0.2, 0) is 0 Å². The van der Waals surface area contributed by atoms with Crippen molar-refractivity contribution in [2.45, 2.75) is 26.8 Å². The van der Waals surface area contributed by atoms with E-state index < -0.39 is 0 Å². The Morgan fingerprint density at radius 2 is 1.96 bits per heavy atom. The Morgan fingerprint density at radius 1 is 1.29 bits per heavy atom. The fraction of sp³-hybridized carbons (Fsp3) is 0.412. The third-order valence-corrected chi connectivity index (χ3v) is 3.22. The van der Waals surface area contributed by atoms with Gasteiger partial charge in [-0.25, -0.2) is 4.68 Å². The fourth-order valence-electron chi connectivity index (χ4n) is 1.94. The summed E-state index contributed by atoms with van der Waals surface area (Å²) >= 11 is 0. The third-order valence-electron chi connectivity index (χ3n) is 3.22. The summed E-state index contributed by atoms with van der Waals surface area (Å²) in [5.74, 6) is 0.551. The summed E-state index contributed by atoms with van der Waals surface area (Å²) in [6.45, 7) is 6.84. The maximum Gasteiger partial charge on any atom is 0.275 e. The predicted octanol–water partition coefficient (Wildman–Crippen LogP) is 2.41. The quantitative estimate of drug-likeness (QED) is 0.801. The molecule has 1 heterocycles. The van der Waals surface area contributed by atoms with Crippen LogP contribution in [0.4, 0.5) is 0 Å². The summed E-state index contributed by atoms with van der Waals surface area (Å²) in [5, 5.41) is 7.20. The molecule has 24 heavy (non-hydrogen) atoms. The van der Waals surface area contributed by atoms with E-state index in [0.29, 0.717) is 24.8 Å². The number of hydrogen-bond acceptors (Lipinski definition) is 4. The third kappa shape index (κ3) is 5.25. The molecule has 0 radical (unpaired) electrons. The number of benzene rings is 1. The van der Waals surface area contributed by atoms with Crippen LogP contribution in [0.3, 0.4) is 0 Å². The van der Waals surface area contributed by atoms with Gasteiger partial charge in [-0.05, 0) is 25.0 Å². The van der Waals surface area contributed by atoms with E-state index in [-0.39, 0.29) is 30.0 Å². The van der Waals surface area contributed by atoms with Crippen molar-refractivity contribution in [3.05, 3.63) is 42.2 Å². The molecule has 0 bridgehead atoms. The molecule has 7 heteroatoms. The first-order valence-electron chi connectivity index (χ1n) is 7.80. The van der Waals surface area contributed by atoms with Crippen LogP contribution in [0.2, 0.25) is 0 Å². The van der Waals surface area contributed by atoms with E-state index >= 15 is 0 Å². The van der Waals surface area contributed by atoms with Crippen molar-refractivity contribution in [1.29, 1.82) is 0 Å². The highest BCUT2D eigenvalue weighted by molar-refractivity contribution is 5.95. The molecule has 2 aromatic rings. The van der Waals surface area contributed by atoms with E-state index in [1.165, 1.54) is 0 Å². The van der Waals surface area contributed by atoms with Gasteiger partial charge in [-0.15, -0.1) is 12.4 Å². The van der Waals surface area contributed by atoms with E-state index in [9.17, 15) is 4.79 Å². The van der Waals surface area contributed by atoms with E-state index in [1.807, 2.05) is 37.3 Å². The summed E-state index contributed by atoms with van der Waals surface area (Å²) in [6.07, 6.45) is 1.74. The zero-order valence-electron chi connectivity index (χ0n) is 14.2. The number of carbonyl (C=O) groups is 1. The minimum Gasteiger partial charge on any atom is -0.489 e. The normalized spacial score (nSPS) is 11.7. The molecule has 1 aromatic carbocycles. The molecule has 0 aliphatic rings. The number of nitrogens with zero attached hydrogens (tertiary/aromatic N) is 2. The van der Waals surface area contributed by atoms with E-state index in [4.69, 9.17) is 10.5 Å². The number of ether oxygens (including phenoxy) is 1. The number of amides is 1. The molecule has 1 amide bonds. The van der Waals surface area contributed by atoms with Crippen LogP contribution in [0.5, 0.6) is 5.75 Å². The van der Waals surface area contributed by atoms with Gasteiger partial charge in [0.1, 0.15) is 0 Å². The number of rotatable bonds is 7. The molecule has 0 aliphatic carbocycles. The number of nitrogens with one attached hydrogen (secondary N) is 1. The van der Waals surface area contributed by atoms with Gasteiger partial charge < -0.3 is 15.8 Å². The predicted molar refractivity (Wildman–Crippen MR) is 97.1 cm³/mol. The highest BCUT2D eigenvalue weighted by Gasteiger charge is 2.20. The lowest BCUT2D eigenvalue weighted by Crippen LogP contribution is -2.38. The second-order valence-electron chi connectivity index (χ2n) is 5.94. The molecule has 0 spiro atoms. The molecule has 0 saturated carbocycles. The second kappa shape index (κ2) is 9.30. The molecule has 0 aliphatic heterocycles. The average molecular weight is 353 g/mol. The molecule has 1 aromatic heterocycles. The minimum atomic E-state index is -0.281. The summed E-state index contributed by atoms with van der Waals surface area (Å²) in [5.41, 5.74) is 6.70. The molecule has 0 unspecified atom stereocenters. The number of para-hydroxylation sites is 1. The van der Waals surface area contributed by atoms with Crippen LogP contribution in [0, 0.1) is 5.92 Å². The molecule has 1 atom stereocenters. The maximum atomic E-state index is 12.4. The lowest BCUT2D eigenvalue weighted by atomic mass is 10.2. The Morgan fingerprint density at radius 3 is 2.54 bits per heavy atom. The summed E-state index contributed by atoms with van der Waals surface area (Å²) in [4.78, 5) is 12.4. The first kappa shape index (κ1) is 20.0. The Hall–Kier alpha value is -2.05. The van der Waals surface area contributed by atoms with E-state index in [2.05, 4.69) is 24.3 Å². The summed E-state index contributed by atoms with van der Waals surface area (Å²) < 4.78 is 7.41. The SMILES string of the molecule is CC(C)COc1cn(-c2ccccc2)nc1C(=O)N[C@@H](C)CN.Cl. The van der Waals surface area contributed by atoms with Gasteiger partial charge in [-0.1, -0.05) is 32.0 Å². The second-order valence-corrected chi connectivity index (χ2v) is 5.94. The Balaban J connectivity index is 0.00000288. The Kier molecular flexibility index (Phi) is 7.74. The van der Waals surface area contributed by atoms with Gasteiger partial charge in [0, 0.05) is 12.6 Å². The average Bonchev–Trinajstić information content (AvgIpc) is 2.98. The number of halogens is 1. The molecular weight excluding hydrogens is 328 g/mol. The monoisotopic (exact) mass is 352 g/mol. The Bertz CT molecular complexity index is 643. The van der Waals surface area contributed by atoms with Crippen molar-refractivity contribution in [2.24, 2.45) is 11.7 Å². The van der Waals surface area contributed by atoms with Crippen molar-refractivity contribution >= 4 is 18.3 Å². The number of hydrogen-bond donors (Lipinski definition) is 2. The Labute approximate surface area is 148 Å². The number of aromatic nitrogens is 2. The molecule has 6 nitrogen and oxygen atoms in total. The van der Waals surface area contributed by atoms with E-state index in [1.54, 1.807) is 10.9 Å². The first-order valence-corrected chi connectivity index (χ1v) is 7.80. The highest BCUT2D eigenvalue weighted by Crippen LogP contribution is 2.20. The first-order chi connectivity index (χ1) is 11.0. The van der Waals surface area contributed by atoms with Crippen LogP contribution in [0.1, 0.15) is 31.3 Å². The lowest BCUT2D eigenvalue weighted by Gasteiger charge is -2.11. The van der Waals surface area contributed by atoms with Crippen molar-refractivity contribution in [3.8, 4) is 11.4 Å². The van der Waals surface area contributed by atoms with Gasteiger partial charge in [0.25, 0.3) is 5.91 Å². The standard InChI is InChI=1S/C17H24N4O2.ClH/c1-12(2)11-23-15-10-21(14-7-5-4-6-8-14)20-16(15)17(22)19-13(3)9-18;/h4-8,10,12-13H,9,11,18H2,1-3H3,(H,19,22);1H/t13-;/m0./s1. The van der Waals surface area contributed by atoms with E-state index in [0.717, 1.165) is 5.69 Å². The molecule has 3 N–H and O–H groups in total. The van der Waals surface area contributed by atoms with Gasteiger partial charge in [0.05, 0.1) is 18.5 Å². The molecule has 0 saturated heterocycles. The smallest absolute Gasteiger partial charge is 0.275 e. The van der Waals surface area contributed by atoms with Crippen LogP contribution >= 0.6 is 12.4 Å². The number of nitrogens with two attached hydrogens (primary N) is 1. The zero-order chi connectivity index (χ0) is 16.8. The number of carbonyl (C=O) groups excluding carboxylic acids is 1. The van der Waals surface area contributed by atoms with Crippen LogP contribution in [-0.4, -0.2) is 34.9 Å². The van der Waals surface area contributed by atoms with Crippen LogP contribution in [0.15, 0.2) is 36.5 Å². The highest BCUT2D eigenvalue weighted by atomic mass is 35.5. The van der Waals surface area contributed by atoms with Crippen molar-refractivity contribution in [3.63, 3.8) is 0 Å². The van der Waals surface area contributed by atoms with Gasteiger partial charge in [-0.3, -0.25) is 4.79 Å². The largest absolute Gasteiger partial charge is 0.489 e. The van der Waals surface area contributed by atoms with Crippen LogP contribution in [0.25, 0.3) is 5.69 Å². The van der Waals surface area contributed by atoms with Crippen LogP contribution < -0.4 is 15.8 Å². The molecular formula is C17H25ClN4O2. The summed E-state index contributed by atoms with van der Waals surface area (Å²) in [6, 6.07) is 9.48. The summed E-state index contributed by atoms with van der Waals surface area (Å²) in [7, 11) is 0. The topological polar surface area (TPSA) is 82.2 Å². The molecule has 0 fully saturated rings. The molecule has 2 rings (SSSR count). The van der Waals surface area contributed by atoms with Gasteiger partial charge in [0.2, 0.25) is 0 Å². The van der Waals surface area contributed by atoms with Gasteiger partial charge in [0.15, 0.2) is 11.4 Å². The van der Waals surface area contributed by atoms with Crippen molar-refractivity contribution in [1.82, 2.24) is 15.1 Å². The fourth-order valence-corrected chi connectivity index (χ4v) is 1.94. The van der Waals surface area contributed by atoms with Crippen molar-refractivity contribution in [2.75, 3.05) is 13.2 Å². The molecule has 132 valence electrons. The zero-order valence-corrected chi connectivity index (χ0v) is 15.0. The van der Waals surface area contributed by atoms with Gasteiger partial charge in [-0.2, -0.15) is 5.10 Å². The van der Waals surface area contributed by atoms with Gasteiger partial charge >= 0.3 is 0 Å². The minimum absolute atomic E-state index is 0. The van der Waals surface area contributed by atoms with Crippen molar-refractivity contribution < 1.29 is 9.53 Å².